The molecule has 0 saturated carbocycles. The van der Waals surface area contributed by atoms with Gasteiger partial charge in [0.1, 0.15) is 11.8 Å². The predicted molar refractivity (Wildman–Crippen MR) is 61.2 cm³/mol. The van der Waals surface area contributed by atoms with Crippen LogP contribution in [0.2, 0.25) is 0 Å². The third kappa shape index (κ3) is 2.64. The standard InChI is InChI=1S/C10H22O5Si/c1-9(2)10(3,15-9)7-14-8-16(11-4,12-5)13-6/h7-8H2,1-6H3. The second kappa shape index (κ2) is 4.71. The Labute approximate surface area is 98.3 Å². The highest BCUT2D eigenvalue weighted by Crippen LogP contribution is 2.47. The maximum absolute atomic E-state index is 5.60. The predicted octanol–water partition coefficient (Wildman–Crippen LogP) is 0.988. The minimum atomic E-state index is -2.61. The molecule has 0 N–H and O–H groups in total. The van der Waals surface area contributed by atoms with E-state index in [1.165, 1.54) is 0 Å². The third-order valence-corrected chi connectivity index (χ3v) is 5.73. The molecule has 0 spiro atoms. The fourth-order valence-corrected chi connectivity index (χ4v) is 2.74. The lowest BCUT2D eigenvalue weighted by Crippen LogP contribution is -2.48. The molecule has 1 atom stereocenters. The van der Waals surface area contributed by atoms with E-state index in [9.17, 15) is 0 Å². The molecule has 0 aromatic rings. The summed E-state index contributed by atoms with van der Waals surface area (Å²) in [7, 11) is 2.10. The van der Waals surface area contributed by atoms with Crippen LogP contribution in [-0.2, 0) is 22.8 Å². The van der Waals surface area contributed by atoms with E-state index in [0.717, 1.165) is 0 Å². The van der Waals surface area contributed by atoms with Crippen LogP contribution in [0, 0.1) is 0 Å². The minimum Gasteiger partial charge on any atom is -0.375 e. The average molecular weight is 250 g/mol. The summed E-state index contributed by atoms with van der Waals surface area (Å²) in [4.78, 5) is 0. The summed E-state index contributed by atoms with van der Waals surface area (Å²) < 4.78 is 26.9. The number of ether oxygens (including phenoxy) is 2. The molecule has 1 aliphatic heterocycles. The molecule has 1 heterocycles. The fraction of sp³-hybridized carbons (Fsp3) is 1.00. The number of hydrogen-bond donors (Lipinski definition) is 0. The van der Waals surface area contributed by atoms with Crippen LogP contribution in [0.15, 0.2) is 0 Å². The topological polar surface area (TPSA) is 49.5 Å². The Morgan fingerprint density at radius 1 is 1.00 bits per heavy atom. The normalized spacial score (nSPS) is 28.1. The highest BCUT2D eigenvalue weighted by Gasteiger charge is 2.60. The van der Waals surface area contributed by atoms with Gasteiger partial charge in [-0.25, -0.2) is 0 Å². The van der Waals surface area contributed by atoms with E-state index >= 15 is 0 Å². The zero-order valence-electron chi connectivity index (χ0n) is 11.0. The third-order valence-electron chi connectivity index (χ3n) is 3.30. The molecule has 5 nitrogen and oxygen atoms in total. The number of rotatable bonds is 7. The maximum Gasteiger partial charge on any atom is 0.527 e. The average Bonchev–Trinajstić information content (AvgIpc) is 2.74. The summed E-state index contributed by atoms with van der Waals surface area (Å²) in [5.41, 5.74) is -0.313. The molecule has 1 saturated heterocycles. The van der Waals surface area contributed by atoms with Crippen molar-refractivity contribution in [2.45, 2.75) is 32.0 Å². The molecule has 1 unspecified atom stereocenters. The summed E-state index contributed by atoms with van der Waals surface area (Å²) in [5.74, 6) is 0. The van der Waals surface area contributed by atoms with Gasteiger partial charge in [0.05, 0.1) is 12.2 Å². The van der Waals surface area contributed by atoms with E-state index in [0.29, 0.717) is 12.8 Å². The van der Waals surface area contributed by atoms with Gasteiger partial charge in [0, 0.05) is 21.3 Å². The van der Waals surface area contributed by atoms with Crippen LogP contribution in [0.3, 0.4) is 0 Å². The molecule has 1 fully saturated rings. The van der Waals surface area contributed by atoms with Gasteiger partial charge in [0.25, 0.3) is 0 Å². The second-order valence-electron chi connectivity index (χ2n) is 4.63. The molecule has 0 aliphatic carbocycles. The molecular formula is C10H22O5Si. The van der Waals surface area contributed by atoms with Gasteiger partial charge in [-0.05, 0) is 20.8 Å². The lowest BCUT2D eigenvalue weighted by Gasteiger charge is -2.24. The van der Waals surface area contributed by atoms with E-state index in [2.05, 4.69) is 0 Å². The SMILES string of the molecule is CO[Si](COCC1(C)OC1(C)C)(OC)OC. The molecule has 0 aromatic heterocycles. The van der Waals surface area contributed by atoms with Crippen molar-refractivity contribution in [1.29, 1.82) is 0 Å². The Morgan fingerprint density at radius 3 is 1.75 bits per heavy atom. The smallest absolute Gasteiger partial charge is 0.375 e. The van der Waals surface area contributed by atoms with E-state index in [4.69, 9.17) is 22.8 Å². The molecule has 1 aliphatic rings. The molecular weight excluding hydrogens is 228 g/mol. The van der Waals surface area contributed by atoms with Crippen molar-refractivity contribution in [2.75, 3.05) is 34.2 Å². The van der Waals surface area contributed by atoms with Crippen molar-refractivity contribution in [3.05, 3.63) is 0 Å². The summed E-state index contributed by atoms with van der Waals surface area (Å²) in [6.07, 6.45) is 0.339. The lowest BCUT2D eigenvalue weighted by atomic mass is 10.00. The van der Waals surface area contributed by atoms with Crippen molar-refractivity contribution >= 4 is 8.80 Å². The van der Waals surface area contributed by atoms with Gasteiger partial charge in [-0.15, -0.1) is 0 Å². The Hall–Kier alpha value is 0.0169. The van der Waals surface area contributed by atoms with Crippen molar-refractivity contribution in [2.24, 2.45) is 0 Å². The second-order valence-corrected chi connectivity index (χ2v) is 7.51. The van der Waals surface area contributed by atoms with Crippen LogP contribution in [0.25, 0.3) is 0 Å². The van der Waals surface area contributed by atoms with Gasteiger partial charge < -0.3 is 22.8 Å². The van der Waals surface area contributed by atoms with Gasteiger partial charge in [-0.2, -0.15) is 0 Å². The first-order valence-corrected chi connectivity index (χ1v) is 7.21. The van der Waals surface area contributed by atoms with Crippen LogP contribution < -0.4 is 0 Å². The molecule has 96 valence electrons. The van der Waals surface area contributed by atoms with Crippen LogP contribution in [0.5, 0.6) is 0 Å². The van der Waals surface area contributed by atoms with Gasteiger partial charge in [0.15, 0.2) is 0 Å². The lowest BCUT2D eigenvalue weighted by molar-refractivity contribution is 0.0460. The van der Waals surface area contributed by atoms with E-state index in [1.54, 1.807) is 21.3 Å². The van der Waals surface area contributed by atoms with Crippen LogP contribution in [-0.4, -0.2) is 54.2 Å². The first-order chi connectivity index (χ1) is 7.35. The largest absolute Gasteiger partial charge is 0.527 e. The molecule has 0 amide bonds. The quantitative estimate of drug-likeness (QED) is 0.498. The van der Waals surface area contributed by atoms with E-state index in [-0.39, 0.29) is 11.2 Å². The van der Waals surface area contributed by atoms with Crippen LogP contribution in [0.1, 0.15) is 20.8 Å². The summed E-state index contributed by atoms with van der Waals surface area (Å²) in [6, 6.07) is 0. The van der Waals surface area contributed by atoms with Gasteiger partial charge in [0.2, 0.25) is 0 Å². The Morgan fingerprint density at radius 2 is 1.44 bits per heavy atom. The summed E-state index contributed by atoms with van der Waals surface area (Å²) >= 11 is 0. The fourth-order valence-electron chi connectivity index (χ4n) is 1.54. The van der Waals surface area contributed by atoms with Crippen LogP contribution >= 0.6 is 0 Å². The number of epoxide rings is 1. The Kier molecular flexibility index (Phi) is 4.15. The molecule has 0 radical (unpaired) electrons. The van der Waals surface area contributed by atoms with Crippen molar-refractivity contribution in [1.82, 2.24) is 0 Å². The number of hydrogen-bond acceptors (Lipinski definition) is 5. The first-order valence-electron chi connectivity index (χ1n) is 5.28. The monoisotopic (exact) mass is 250 g/mol. The molecule has 6 heteroatoms. The Balaban J connectivity index is 2.35. The highest BCUT2D eigenvalue weighted by molar-refractivity contribution is 6.60. The van der Waals surface area contributed by atoms with Gasteiger partial charge >= 0.3 is 8.80 Å². The van der Waals surface area contributed by atoms with Gasteiger partial charge in [-0.1, -0.05) is 0 Å². The minimum absolute atomic E-state index is 0.107. The van der Waals surface area contributed by atoms with Crippen LogP contribution in [0.4, 0.5) is 0 Å². The molecule has 16 heavy (non-hydrogen) atoms. The zero-order valence-corrected chi connectivity index (χ0v) is 12.0. The van der Waals surface area contributed by atoms with Crippen molar-refractivity contribution < 1.29 is 22.8 Å². The molecule has 0 aromatic carbocycles. The zero-order chi connectivity index (χ0) is 12.4. The highest BCUT2D eigenvalue weighted by atomic mass is 28.4. The van der Waals surface area contributed by atoms with Gasteiger partial charge in [-0.3, -0.25) is 0 Å². The summed E-state index contributed by atoms with van der Waals surface area (Å²) in [5, 5.41) is 0. The first kappa shape index (κ1) is 14.1. The van der Waals surface area contributed by atoms with Crippen molar-refractivity contribution in [3.8, 4) is 0 Å². The Bertz CT molecular complexity index is 233. The van der Waals surface area contributed by atoms with Crippen molar-refractivity contribution in [3.63, 3.8) is 0 Å². The summed E-state index contributed by atoms with van der Waals surface area (Å²) in [6.45, 7) is 6.64. The maximum atomic E-state index is 5.60. The molecule has 1 rings (SSSR count). The van der Waals surface area contributed by atoms with E-state index in [1.807, 2.05) is 20.8 Å². The van der Waals surface area contributed by atoms with E-state index < -0.39 is 8.80 Å². The molecule has 0 bridgehead atoms.